The van der Waals surface area contributed by atoms with Crippen LogP contribution in [0, 0.1) is 5.92 Å². The van der Waals surface area contributed by atoms with Crippen LogP contribution >= 0.6 is 24.0 Å². The summed E-state index contributed by atoms with van der Waals surface area (Å²) in [5, 5.41) is 6.88. The molecule has 1 aliphatic carbocycles. The monoisotopic (exact) mass is 391 g/mol. The largest absolute Gasteiger partial charge is 0.355 e. The van der Waals surface area contributed by atoms with Gasteiger partial charge in [-0.2, -0.15) is 0 Å². The van der Waals surface area contributed by atoms with Crippen LogP contribution in [-0.4, -0.2) is 35.1 Å². The van der Waals surface area contributed by atoms with Gasteiger partial charge in [0, 0.05) is 38.6 Å². The molecule has 1 aliphatic rings. The Kier molecular flexibility index (Phi) is 7.94. The Bertz CT molecular complexity index is 382. The molecule has 0 radical (unpaired) electrons. The molecule has 0 saturated heterocycles. The average molecular weight is 391 g/mol. The minimum atomic E-state index is 0. The maximum absolute atomic E-state index is 4.29. The Morgan fingerprint density at radius 1 is 1.35 bits per heavy atom. The van der Waals surface area contributed by atoms with Gasteiger partial charge in [-0.3, -0.25) is 4.99 Å². The van der Waals surface area contributed by atoms with Gasteiger partial charge >= 0.3 is 0 Å². The van der Waals surface area contributed by atoms with E-state index in [1.807, 2.05) is 19.6 Å². The molecule has 0 aliphatic heterocycles. The van der Waals surface area contributed by atoms with E-state index >= 15 is 0 Å². The Labute approximate surface area is 138 Å². The lowest BCUT2D eigenvalue weighted by atomic mass is 9.87. The molecule has 1 aromatic heterocycles. The quantitative estimate of drug-likeness (QED) is 0.470. The number of nitrogens with one attached hydrogen (secondary N) is 2. The van der Waals surface area contributed by atoms with Crippen LogP contribution in [0.15, 0.2) is 23.7 Å². The van der Waals surface area contributed by atoms with Crippen molar-refractivity contribution >= 4 is 29.9 Å². The van der Waals surface area contributed by atoms with E-state index in [0.29, 0.717) is 6.04 Å². The van der Waals surface area contributed by atoms with E-state index in [1.165, 1.54) is 25.7 Å². The normalized spacial score (nSPS) is 23.0. The summed E-state index contributed by atoms with van der Waals surface area (Å²) < 4.78 is 2.06. The maximum atomic E-state index is 4.29. The second-order valence-electron chi connectivity index (χ2n) is 5.40. The zero-order chi connectivity index (χ0) is 13.5. The summed E-state index contributed by atoms with van der Waals surface area (Å²) in [7, 11) is 1.83. The third-order valence-electron chi connectivity index (χ3n) is 3.80. The molecule has 0 atom stereocenters. The van der Waals surface area contributed by atoms with Crippen molar-refractivity contribution in [3.63, 3.8) is 0 Å². The maximum Gasteiger partial charge on any atom is 0.191 e. The van der Waals surface area contributed by atoms with E-state index in [4.69, 9.17) is 0 Å². The Hall–Kier alpha value is -0.790. The molecule has 2 N–H and O–H groups in total. The summed E-state index contributed by atoms with van der Waals surface area (Å²) in [6.07, 6.45) is 10.8. The van der Waals surface area contributed by atoms with Gasteiger partial charge in [-0.15, -0.1) is 24.0 Å². The van der Waals surface area contributed by atoms with Crippen molar-refractivity contribution < 1.29 is 0 Å². The van der Waals surface area contributed by atoms with E-state index in [-0.39, 0.29) is 24.0 Å². The van der Waals surface area contributed by atoms with Crippen LogP contribution in [0.1, 0.15) is 32.6 Å². The Morgan fingerprint density at radius 2 is 2.10 bits per heavy atom. The highest BCUT2D eigenvalue weighted by Crippen LogP contribution is 2.23. The topological polar surface area (TPSA) is 54.2 Å². The Morgan fingerprint density at radius 3 is 2.70 bits per heavy atom. The molecule has 1 heterocycles. The van der Waals surface area contributed by atoms with E-state index in [2.05, 4.69) is 32.1 Å². The smallest absolute Gasteiger partial charge is 0.191 e. The highest BCUT2D eigenvalue weighted by atomic mass is 127. The predicted octanol–water partition coefficient (Wildman–Crippen LogP) is 2.24. The third-order valence-corrected chi connectivity index (χ3v) is 3.80. The van der Waals surface area contributed by atoms with E-state index < -0.39 is 0 Å². The van der Waals surface area contributed by atoms with Crippen LogP contribution in [0.5, 0.6) is 0 Å². The van der Waals surface area contributed by atoms with E-state index in [1.54, 1.807) is 6.20 Å². The van der Waals surface area contributed by atoms with E-state index in [0.717, 1.165) is 25.0 Å². The molecule has 114 valence electrons. The standard InChI is InChI=1S/C14H25N5.HI/c1-12-3-5-13(6-4-12)18-14(15-2)17-8-10-19-9-7-16-11-19;/h7,9,11-13H,3-6,8,10H2,1-2H3,(H2,15,17,18);1H. The van der Waals surface area contributed by atoms with Gasteiger partial charge in [-0.25, -0.2) is 4.98 Å². The van der Waals surface area contributed by atoms with Crippen LogP contribution < -0.4 is 10.6 Å². The molecule has 0 aromatic carbocycles. The summed E-state index contributed by atoms with van der Waals surface area (Å²) in [5.74, 6) is 1.80. The lowest BCUT2D eigenvalue weighted by Crippen LogP contribution is -2.45. The SMILES string of the molecule is CN=C(NCCn1ccnc1)NC1CCC(C)CC1.I. The predicted molar refractivity (Wildman–Crippen MR) is 93.6 cm³/mol. The van der Waals surface area contributed by atoms with Gasteiger partial charge in [-0.05, 0) is 31.6 Å². The van der Waals surface area contributed by atoms with Crippen molar-refractivity contribution in [2.24, 2.45) is 10.9 Å². The molecule has 5 nitrogen and oxygen atoms in total. The first-order valence-electron chi connectivity index (χ1n) is 7.21. The summed E-state index contributed by atoms with van der Waals surface area (Å²) >= 11 is 0. The Balaban J connectivity index is 0.00000200. The van der Waals surface area contributed by atoms with Crippen molar-refractivity contribution in [1.29, 1.82) is 0 Å². The van der Waals surface area contributed by atoms with Crippen LogP contribution in [-0.2, 0) is 6.54 Å². The molecule has 0 spiro atoms. The van der Waals surface area contributed by atoms with Crippen LogP contribution in [0.3, 0.4) is 0 Å². The number of halogens is 1. The molecule has 1 saturated carbocycles. The van der Waals surface area contributed by atoms with Crippen molar-refractivity contribution in [3.8, 4) is 0 Å². The molecule has 1 fully saturated rings. The first-order chi connectivity index (χ1) is 9.28. The first kappa shape index (κ1) is 17.3. The second-order valence-corrected chi connectivity index (χ2v) is 5.40. The molecule has 6 heteroatoms. The van der Waals surface area contributed by atoms with Crippen molar-refractivity contribution in [2.75, 3.05) is 13.6 Å². The minimum absolute atomic E-state index is 0. The molecule has 0 amide bonds. The number of rotatable bonds is 4. The van der Waals surface area contributed by atoms with Gasteiger partial charge in [0.15, 0.2) is 5.96 Å². The second kappa shape index (κ2) is 9.20. The summed E-state index contributed by atoms with van der Waals surface area (Å²) in [4.78, 5) is 8.32. The van der Waals surface area contributed by atoms with Crippen LogP contribution in [0.2, 0.25) is 0 Å². The average Bonchev–Trinajstić information content (AvgIpc) is 2.93. The van der Waals surface area contributed by atoms with Gasteiger partial charge < -0.3 is 15.2 Å². The van der Waals surface area contributed by atoms with Gasteiger partial charge in [0.1, 0.15) is 0 Å². The van der Waals surface area contributed by atoms with Crippen molar-refractivity contribution in [2.45, 2.75) is 45.2 Å². The van der Waals surface area contributed by atoms with Crippen LogP contribution in [0.25, 0.3) is 0 Å². The fourth-order valence-electron chi connectivity index (χ4n) is 2.51. The summed E-state index contributed by atoms with van der Waals surface area (Å²) in [5.41, 5.74) is 0. The molecule has 1 aromatic rings. The van der Waals surface area contributed by atoms with Crippen molar-refractivity contribution in [1.82, 2.24) is 20.2 Å². The number of aliphatic imine (C=N–C) groups is 1. The van der Waals surface area contributed by atoms with E-state index in [9.17, 15) is 0 Å². The minimum Gasteiger partial charge on any atom is -0.355 e. The molecular weight excluding hydrogens is 365 g/mol. The number of hydrogen-bond donors (Lipinski definition) is 2. The first-order valence-corrected chi connectivity index (χ1v) is 7.21. The summed E-state index contributed by atoms with van der Waals surface area (Å²) in [6, 6.07) is 0.579. The van der Waals surface area contributed by atoms with Gasteiger partial charge in [0.05, 0.1) is 6.33 Å². The van der Waals surface area contributed by atoms with Gasteiger partial charge in [0.2, 0.25) is 0 Å². The number of imidazole rings is 1. The van der Waals surface area contributed by atoms with Crippen molar-refractivity contribution in [3.05, 3.63) is 18.7 Å². The van der Waals surface area contributed by atoms with Gasteiger partial charge in [-0.1, -0.05) is 6.92 Å². The number of aromatic nitrogens is 2. The fraction of sp³-hybridized carbons (Fsp3) is 0.714. The lowest BCUT2D eigenvalue weighted by molar-refractivity contribution is 0.329. The highest BCUT2D eigenvalue weighted by Gasteiger charge is 2.18. The molecule has 0 bridgehead atoms. The number of hydrogen-bond acceptors (Lipinski definition) is 2. The fourth-order valence-corrected chi connectivity index (χ4v) is 2.51. The molecule has 20 heavy (non-hydrogen) atoms. The zero-order valence-electron chi connectivity index (χ0n) is 12.4. The summed E-state index contributed by atoms with van der Waals surface area (Å²) in [6.45, 7) is 4.11. The third kappa shape index (κ3) is 5.68. The molecule has 0 unspecified atom stereocenters. The van der Waals surface area contributed by atoms with Crippen LogP contribution in [0.4, 0.5) is 0 Å². The number of nitrogens with zero attached hydrogens (tertiary/aromatic N) is 3. The number of guanidine groups is 1. The zero-order valence-corrected chi connectivity index (χ0v) is 14.7. The molecular formula is C14H26IN5. The van der Waals surface area contributed by atoms with Gasteiger partial charge in [0.25, 0.3) is 0 Å². The molecule has 2 rings (SSSR count). The lowest BCUT2D eigenvalue weighted by Gasteiger charge is -2.28. The highest BCUT2D eigenvalue weighted by molar-refractivity contribution is 14.0.